The highest BCUT2D eigenvalue weighted by Gasteiger charge is 2.30. The third kappa shape index (κ3) is 5.34. The fourth-order valence-corrected chi connectivity index (χ4v) is 3.06. The number of amides is 3. The molecule has 3 amide bonds. The molecule has 0 aliphatic carbocycles. The second-order valence-electron chi connectivity index (χ2n) is 6.43. The zero-order valence-electron chi connectivity index (χ0n) is 15.5. The van der Waals surface area contributed by atoms with Crippen LogP contribution < -0.4 is 21.3 Å². The molecule has 2 aromatic rings. The van der Waals surface area contributed by atoms with Gasteiger partial charge in [0, 0.05) is 24.3 Å². The van der Waals surface area contributed by atoms with E-state index in [1.165, 1.54) is 0 Å². The van der Waals surface area contributed by atoms with Crippen molar-refractivity contribution in [1.29, 1.82) is 0 Å². The van der Waals surface area contributed by atoms with Crippen LogP contribution >= 0.6 is 24.0 Å². The summed E-state index contributed by atoms with van der Waals surface area (Å²) in [6, 6.07) is 4.79. The molecule has 28 heavy (non-hydrogen) atoms. The van der Waals surface area contributed by atoms with Gasteiger partial charge in [0.25, 0.3) is 0 Å². The van der Waals surface area contributed by atoms with Gasteiger partial charge >= 0.3 is 6.03 Å². The molecule has 3 rings (SSSR count). The number of hydrogen-bond donors (Lipinski definition) is 4. The topological polar surface area (TPSA) is 113 Å². The maximum absolute atomic E-state index is 12.0. The number of nitrogens with zero attached hydrogens (tertiary/aromatic N) is 3. The smallest absolute Gasteiger partial charge is 0.319 e. The zero-order valence-corrected chi connectivity index (χ0v) is 17.1. The van der Waals surface area contributed by atoms with Crippen LogP contribution in [0.5, 0.6) is 0 Å². The lowest BCUT2D eigenvalue weighted by Gasteiger charge is -2.09. The Kier molecular flexibility index (Phi) is 7.61. The van der Waals surface area contributed by atoms with Crippen molar-refractivity contribution in [2.24, 2.45) is 0 Å². The van der Waals surface area contributed by atoms with E-state index in [0.29, 0.717) is 29.4 Å². The van der Waals surface area contributed by atoms with Crippen LogP contribution in [0, 0.1) is 6.92 Å². The van der Waals surface area contributed by atoms with Gasteiger partial charge in [-0.25, -0.2) is 9.48 Å². The molecule has 0 spiro atoms. The summed E-state index contributed by atoms with van der Waals surface area (Å²) in [4.78, 5) is 23.7. The monoisotopic (exact) mass is 427 g/mol. The van der Waals surface area contributed by atoms with Gasteiger partial charge in [-0.2, -0.15) is 0 Å². The first-order valence-electron chi connectivity index (χ1n) is 8.63. The van der Waals surface area contributed by atoms with Crippen LogP contribution in [0.25, 0.3) is 0 Å². The molecule has 0 bridgehead atoms. The largest absolute Gasteiger partial charge is 0.358 e. The van der Waals surface area contributed by atoms with Crippen molar-refractivity contribution in [2.75, 3.05) is 18.9 Å². The van der Waals surface area contributed by atoms with E-state index in [9.17, 15) is 9.59 Å². The van der Waals surface area contributed by atoms with Gasteiger partial charge in [0.15, 0.2) is 0 Å². The van der Waals surface area contributed by atoms with Gasteiger partial charge in [-0.3, -0.25) is 4.79 Å². The average Bonchev–Trinajstić information content (AvgIpc) is 3.31. The first-order chi connectivity index (χ1) is 13.0. The zero-order chi connectivity index (χ0) is 19.4. The lowest BCUT2D eigenvalue weighted by Crippen LogP contribution is -2.38. The van der Waals surface area contributed by atoms with E-state index in [1.807, 2.05) is 13.0 Å². The number of hydrogen-bond acceptors (Lipinski definition) is 5. The number of carbonyl (C=O) groups is 2. The van der Waals surface area contributed by atoms with Gasteiger partial charge in [-0.05, 0) is 31.0 Å². The van der Waals surface area contributed by atoms with E-state index in [0.717, 1.165) is 5.56 Å². The van der Waals surface area contributed by atoms with Gasteiger partial charge in [0.1, 0.15) is 5.69 Å². The lowest BCUT2D eigenvalue weighted by atomic mass is 10.1. The highest BCUT2D eigenvalue weighted by molar-refractivity contribution is 6.31. The number of nitrogens with one attached hydrogen (secondary N) is 4. The van der Waals surface area contributed by atoms with E-state index in [1.54, 1.807) is 30.1 Å². The van der Waals surface area contributed by atoms with Crippen LogP contribution in [-0.4, -0.2) is 46.6 Å². The van der Waals surface area contributed by atoms with Crippen molar-refractivity contribution >= 4 is 41.6 Å². The Hall–Kier alpha value is -2.36. The molecular formula is C17H23Cl2N7O2. The minimum atomic E-state index is -0.355. The third-order valence-electron chi connectivity index (χ3n) is 4.46. The van der Waals surface area contributed by atoms with Gasteiger partial charge in [0.05, 0.1) is 24.8 Å². The first kappa shape index (κ1) is 21.9. The van der Waals surface area contributed by atoms with Crippen molar-refractivity contribution in [2.45, 2.75) is 32.0 Å². The number of rotatable bonds is 5. The number of urea groups is 1. The van der Waals surface area contributed by atoms with E-state index in [4.69, 9.17) is 11.6 Å². The van der Waals surface area contributed by atoms with E-state index >= 15 is 0 Å². The Bertz CT molecular complexity index is 843. The number of anilines is 1. The second kappa shape index (κ2) is 9.72. The average molecular weight is 428 g/mol. The predicted molar refractivity (Wildman–Crippen MR) is 109 cm³/mol. The summed E-state index contributed by atoms with van der Waals surface area (Å²) in [5, 5.41) is 20.0. The molecule has 1 aliphatic heterocycles. The number of benzene rings is 1. The summed E-state index contributed by atoms with van der Waals surface area (Å²) in [6.07, 6.45) is 2.42. The van der Waals surface area contributed by atoms with Gasteiger partial charge in [-0.15, -0.1) is 17.5 Å². The molecule has 1 aromatic heterocycles. The van der Waals surface area contributed by atoms with Crippen LogP contribution in [0.1, 0.15) is 23.7 Å². The molecule has 1 saturated heterocycles. The van der Waals surface area contributed by atoms with Crippen molar-refractivity contribution in [3.05, 3.63) is 40.7 Å². The summed E-state index contributed by atoms with van der Waals surface area (Å²) < 4.78 is 1.73. The van der Waals surface area contributed by atoms with Crippen molar-refractivity contribution < 1.29 is 9.59 Å². The quantitative estimate of drug-likeness (QED) is 0.578. The third-order valence-corrected chi connectivity index (χ3v) is 4.87. The highest BCUT2D eigenvalue weighted by Crippen LogP contribution is 2.20. The molecule has 0 saturated carbocycles. The molecule has 152 valence electrons. The molecular weight excluding hydrogens is 405 g/mol. The minimum absolute atomic E-state index is 0. The fraction of sp³-hybridized carbons (Fsp3) is 0.412. The Labute approximate surface area is 174 Å². The molecule has 0 radical (unpaired) electrons. The summed E-state index contributed by atoms with van der Waals surface area (Å²) >= 11 is 6.05. The van der Waals surface area contributed by atoms with Gasteiger partial charge < -0.3 is 21.3 Å². The number of carbonyl (C=O) groups excluding carboxylic acids is 2. The van der Waals surface area contributed by atoms with Crippen LogP contribution in [0.3, 0.4) is 0 Å². The second-order valence-corrected chi connectivity index (χ2v) is 6.83. The molecule has 1 fully saturated rings. The SMILES string of the molecule is CNC(=O)[C@@H]1C[C@@H](n2cc(CNC(=O)Nc3ccc(C)c(Cl)c3)nn2)CN1.Cl. The van der Waals surface area contributed by atoms with E-state index in [-0.39, 0.29) is 43.0 Å². The van der Waals surface area contributed by atoms with Crippen LogP contribution in [0.15, 0.2) is 24.4 Å². The number of aryl methyl sites for hydroxylation is 1. The van der Waals surface area contributed by atoms with Gasteiger partial charge in [0.2, 0.25) is 5.91 Å². The molecule has 2 atom stereocenters. The van der Waals surface area contributed by atoms with Crippen LogP contribution in [0.4, 0.5) is 10.5 Å². The van der Waals surface area contributed by atoms with Crippen molar-refractivity contribution in [1.82, 2.24) is 30.9 Å². The molecule has 0 unspecified atom stereocenters. The number of aromatic nitrogens is 3. The van der Waals surface area contributed by atoms with Crippen molar-refractivity contribution in [3.63, 3.8) is 0 Å². The standard InChI is InChI=1S/C17H22ClN7O2.ClH/c1-10-3-4-11(5-14(10)18)22-17(27)21-7-12-9-25(24-23-12)13-6-15(20-8-13)16(26)19-2;/h3-5,9,13,15,20H,6-8H2,1-2H3,(H,19,26)(H2,21,22,27);1H/t13-,15+;/m1./s1. The maximum Gasteiger partial charge on any atom is 0.319 e. The summed E-state index contributed by atoms with van der Waals surface area (Å²) in [5.74, 6) is -0.0348. The molecule has 4 N–H and O–H groups in total. The van der Waals surface area contributed by atoms with Crippen LogP contribution in [-0.2, 0) is 11.3 Å². The summed E-state index contributed by atoms with van der Waals surface area (Å²) in [5.41, 5.74) is 2.19. The maximum atomic E-state index is 12.0. The normalized spacial score (nSPS) is 18.2. The molecule has 9 nitrogen and oxygen atoms in total. The Morgan fingerprint density at radius 3 is 2.89 bits per heavy atom. The molecule has 1 aromatic carbocycles. The first-order valence-corrected chi connectivity index (χ1v) is 9.00. The Morgan fingerprint density at radius 2 is 2.18 bits per heavy atom. The van der Waals surface area contributed by atoms with Crippen LogP contribution in [0.2, 0.25) is 5.02 Å². The number of likely N-dealkylation sites (N-methyl/N-ethyl adjacent to an activating group) is 1. The fourth-order valence-electron chi connectivity index (χ4n) is 2.88. The summed E-state index contributed by atoms with van der Waals surface area (Å²) in [6.45, 7) is 2.78. The molecule has 1 aliphatic rings. The summed E-state index contributed by atoms with van der Waals surface area (Å²) in [7, 11) is 1.62. The Balaban J connectivity index is 0.00000280. The lowest BCUT2D eigenvalue weighted by molar-refractivity contribution is -0.122. The number of halogens is 2. The molecule has 11 heteroatoms. The highest BCUT2D eigenvalue weighted by atomic mass is 35.5. The molecule has 2 heterocycles. The van der Waals surface area contributed by atoms with E-state index < -0.39 is 0 Å². The van der Waals surface area contributed by atoms with E-state index in [2.05, 4.69) is 31.6 Å². The minimum Gasteiger partial charge on any atom is -0.358 e. The Morgan fingerprint density at radius 1 is 1.39 bits per heavy atom. The van der Waals surface area contributed by atoms with Crippen molar-refractivity contribution in [3.8, 4) is 0 Å². The predicted octanol–water partition coefficient (Wildman–Crippen LogP) is 1.63. The van der Waals surface area contributed by atoms with Gasteiger partial charge in [-0.1, -0.05) is 22.9 Å².